The summed E-state index contributed by atoms with van der Waals surface area (Å²) in [5, 5.41) is 3.47. The molecule has 0 amide bonds. The maximum Gasteiger partial charge on any atom is 0.227 e. The minimum absolute atomic E-state index is 0.415. The number of rotatable bonds is 5. The van der Waals surface area contributed by atoms with Crippen LogP contribution < -0.4 is 15.1 Å². The summed E-state index contributed by atoms with van der Waals surface area (Å²) in [5.41, 5.74) is 5.10. The number of piperazine rings is 1. The summed E-state index contributed by atoms with van der Waals surface area (Å²) in [7, 11) is 0. The number of nitrogens with zero attached hydrogens (tertiary/aromatic N) is 4. The maximum atomic E-state index is 4.76. The van der Waals surface area contributed by atoms with Crippen LogP contribution >= 0.6 is 0 Å². The van der Waals surface area contributed by atoms with Gasteiger partial charge in [-0.2, -0.15) is 4.98 Å². The second kappa shape index (κ2) is 7.94. The van der Waals surface area contributed by atoms with Crippen LogP contribution in [0.15, 0.2) is 24.3 Å². The van der Waals surface area contributed by atoms with Crippen molar-refractivity contribution < 1.29 is 0 Å². The summed E-state index contributed by atoms with van der Waals surface area (Å²) in [6, 6.07) is 9.01. The van der Waals surface area contributed by atoms with Crippen LogP contribution in [0.25, 0.3) is 0 Å². The summed E-state index contributed by atoms with van der Waals surface area (Å²) >= 11 is 0. The van der Waals surface area contributed by atoms with Crippen molar-refractivity contribution in [3.05, 3.63) is 41.1 Å². The van der Waals surface area contributed by atoms with E-state index in [0.29, 0.717) is 6.04 Å². The molecule has 0 aliphatic carbocycles. The third kappa shape index (κ3) is 4.09. The summed E-state index contributed by atoms with van der Waals surface area (Å²) in [5.74, 6) is 1.77. The van der Waals surface area contributed by atoms with Gasteiger partial charge >= 0.3 is 0 Å². The molecule has 1 N–H and O–H groups in total. The average Bonchev–Trinajstić information content (AvgIpc) is 2.63. The first-order valence-corrected chi connectivity index (χ1v) is 9.66. The lowest BCUT2D eigenvalue weighted by molar-refractivity contribution is 0.637. The van der Waals surface area contributed by atoms with Crippen molar-refractivity contribution in [2.45, 2.75) is 47.1 Å². The van der Waals surface area contributed by atoms with Gasteiger partial charge in [0.05, 0.1) is 0 Å². The van der Waals surface area contributed by atoms with Crippen molar-refractivity contribution in [2.75, 3.05) is 41.3 Å². The Morgan fingerprint density at radius 1 is 1.04 bits per heavy atom. The van der Waals surface area contributed by atoms with Gasteiger partial charge in [-0.05, 0) is 51.3 Å². The normalized spacial score (nSPS) is 15.9. The Bertz CT molecular complexity index is 750. The predicted molar refractivity (Wildman–Crippen MR) is 110 cm³/mol. The SMILES string of the molecule is CCC(C)Nc1cc(C)nc(N2CCN(c3cccc(C)c3C)CC2)n1. The van der Waals surface area contributed by atoms with E-state index < -0.39 is 0 Å². The van der Waals surface area contributed by atoms with Gasteiger partial charge in [-0.1, -0.05) is 19.1 Å². The quantitative estimate of drug-likeness (QED) is 0.882. The summed E-state index contributed by atoms with van der Waals surface area (Å²) < 4.78 is 0. The number of hydrogen-bond acceptors (Lipinski definition) is 5. The Morgan fingerprint density at radius 3 is 2.42 bits per heavy atom. The topological polar surface area (TPSA) is 44.3 Å². The molecule has 0 spiro atoms. The molecule has 2 heterocycles. The van der Waals surface area contributed by atoms with Gasteiger partial charge in [-0.3, -0.25) is 0 Å². The smallest absolute Gasteiger partial charge is 0.227 e. The van der Waals surface area contributed by atoms with Crippen molar-refractivity contribution in [1.82, 2.24) is 9.97 Å². The summed E-state index contributed by atoms with van der Waals surface area (Å²) in [6.45, 7) is 14.7. The summed E-state index contributed by atoms with van der Waals surface area (Å²) in [6.07, 6.45) is 1.08. The Hall–Kier alpha value is -2.30. The van der Waals surface area contributed by atoms with Crippen LogP contribution in [0, 0.1) is 20.8 Å². The molecule has 1 unspecified atom stereocenters. The molecule has 1 aromatic heterocycles. The van der Waals surface area contributed by atoms with Gasteiger partial charge in [0.25, 0.3) is 0 Å². The van der Waals surface area contributed by atoms with Gasteiger partial charge in [0.1, 0.15) is 5.82 Å². The van der Waals surface area contributed by atoms with E-state index >= 15 is 0 Å². The minimum Gasteiger partial charge on any atom is -0.368 e. The monoisotopic (exact) mass is 353 g/mol. The molecule has 140 valence electrons. The number of benzene rings is 1. The van der Waals surface area contributed by atoms with E-state index in [9.17, 15) is 0 Å². The molecule has 5 heteroatoms. The Kier molecular flexibility index (Phi) is 5.64. The van der Waals surface area contributed by atoms with Crippen molar-refractivity contribution >= 4 is 17.5 Å². The first kappa shape index (κ1) is 18.5. The molecule has 1 aromatic carbocycles. The van der Waals surface area contributed by atoms with Gasteiger partial charge < -0.3 is 15.1 Å². The highest BCUT2D eigenvalue weighted by atomic mass is 15.3. The van der Waals surface area contributed by atoms with E-state index in [1.807, 2.05) is 13.0 Å². The van der Waals surface area contributed by atoms with Gasteiger partial charge in [0, 0.05) is 49.7 Å². The zero-order valence-corrected chi connectivity index (χ0v) is 16.7. The molecule has 1 atom stereocenters. The Labute approximate surface area is 157 Å². The van der Waals surface area contributed by atoms with E-state index in [0.717, 1.165) is 50.1 Å². The molecule has 1 aliphatic rings. The highest BCUT2D eigenvalue weighted by Gasteiger charge is 2.21. The molecule has 1 aliphatic heterocycles. The fourth-order valence-electron chi connectivity index (χ4n) is 3.35. The first-order valence-electron chi connectivity index (χ1n) is 9.66. The van der Waals surface area contributed by atoms with E-state index in [-0.39, 0.29) is 0 Å². The summed E-state index contributed by atoms with van der Waals surface area (Å²) in [4.78, 5) is 14.2. The molecule has 0 saturated carbocycles. The van der Waals surface area contributed by atoms with Gasteiger partial charge in [-0.25, -0.2) is 4.98 Å². The minimum atomic E-state index is 0.415. The first-order chi connectivity index (χ1) is 12.5. The van der Waals surface area contributed by atoms with Crippen molar-refractivity contribution in [3.63, 3.8) is 0 Å². The second-order valence-corrected chi connectivity index (χ2v) is 7.34. The van der Waals surface area contributed by atoms with Crippen LogP contribution in [-0.4, -0.2) is 42.2 Å². The van der Waals surface area contributed by atoms with Crippen LogP contribution in [0.1, 0.15) is 37.1 Å². The zero-order chi connectivity index (χ0) is 18.7. The standard InChI is InChI=1S/C21H31N5/c1-6-16(3)22-20-14-17(4)23-21(24-20)26-12-10-25(11-13-26)19-9-7-8-15(2)18(19)5/h7-9,14,16H,6,10-13H2,1-5H3,(H,22,23,24). The molecule has 26 heavy (non-hydrogen) atoms. The second-order valence-electron chi connectivity index (χ2n) is 7.34. The lowest BCUT2D eigenvalue weighted by Crippen LogP contribution is -2.47. The Morgan fingerprint density at radius 2 is 1.73 bits per heavy atom. The van der Waals surface area contributed by atoms with Crippen LogP contribution in [0.5, 0.6) is 0 Å². The number of hydrogen-bond donors (Lipinski definition) is 1. The maximum absolute atomic E-state index is 4.76. The molecular formula is C21H31N5. The number of nitrogens with one attached hydrogen (secondary N) is 1. The van der Waals surface area contributed by atoms with Crippen molar-refractivity contribution in [2.24, 2.45) is 0 Å². The fraction of sp³-hybridized carbons (Fsp3) is 0.524. The Balaban J connectivity index is 1.71. The van der Waals surface area contributed by atoms with E-state index in [1.54, 1.807) is 0 Å². The zero-order valence-electron chi connectivity index (χ0n) is 16.7. The molecule has 1 fully saturated rings. The van der Waals surface area contributed by atoms with Crippen LogP contribution in [0.4, 0.5) is 17.5 Å². The largest absolute Gasteiger partial charge is 0.368 e. The molecule has 1 saturated heterocycles. The fourth-order valence-corrected chi connectivity index (χ4v) is 3.35. The van der Waals surface area contributed by atoms with E-state index in [2.05, 4.69) is 66.0 Å². The molecular weight excluding hydrogens is 322 g/mol. The molecule has 3 rings (SSSR count). The highest BCUT2D eigenvalue weighted by Crippen LogP contribution is 2.25. The predicted octanol–water partition coefficient (Wildman–Crippen LogP) is 3.94. The van der Waals surface area contributed by atoms with E-state index in [4.69, 9.17) is 4.98 Å². The molecule has 5 nitrogen and oxygen atoms in total. The number of anilines is 3. The molecule has 0 radical (unpaired) electrons. The number of aryl methyl sites for hydroxylation is 2. The van der Waals surface area contributed by atoms with E-state index in [1.165, 1.54) is 16.8 Å². The van der Waals surface area contributed by atoms with Crippen molar-refractivity contribution in [3.8, 4) is 0 Å². The number of aromatic nitrogens is 2. The van der Waals surface area contributed by atoms with Crippen molar-refractivity contribution in [1.29, 1.82) is 0 Å². The third-order valence-electron chi connectivity index (χ3n) is 5.33. The van der Waals surface area contributed by atoms with Crippen LogP contribution in [0.2, 0.25) is 0 Å². The van der Waals surface area contributed by atoms with Gasteiger partial charge in [0.2, 0.25) is 5.95 Å². The third-order valence-corrected chi connectivity index (χ3v) is 5.33. The van der Waals surface area contributed by atoms with Gasteiger partial charge in [-0.15, -0.1) is 0 Å². The molecule has 2 aromatic rings. The van der Waals surface area contributed by atoms with Crippen LogP contribution in [-0.2, 0) is 0 Å². The lowest BCUT2D eigenvalue weighted by atomic mass is 10.1. The van der Waals surface area contributed by atoms with Gasteiger partial charge in [0.15, 0.2) is 0 Å². The van der Waals surface area contributed by atoms with Crippen LogP contribution in [0.3, 0.4) is 0 Å². The lowest BCUT2D eigenvalue weighted by Gasteiger charge is -2.37. The average molecular weight is 354 g/mol. The highest BCUT2D eigenvalue weighted by molar-refractivity contribution is 5.57. The molecule has 0 bridgehead atoms.